The number of ether oxygens (including phenoxy) is 1. The van der Waals surface area contributed by atoms with E-state index in [1.165, 1.54) is 36.8 Å². The lowest BCUT2D eigenvalue weighted by molar-refractivity contribution is -0.00471. The third-order valence-corrected chi connectivity index (χ3v) is 20.3. The van der Waals surface area contributed by atoms with Gasteiger partial charge in [-0.15, -0.1) is 0 Å². The lowest BCUT2D eigenvalue weighted by Crippen LogP contribution is -2.50. The van der Waals surface area contributed by atoms with Gasteiger partial charge in [0.2, 0.25) is 0 Å². The monoisotopic (exact) mass is 599 g/mol. The van der Waals surface area contributed by atoms with E-state index in [-0.39, 0.29) is 5.60 Å². The van der Waals surface area contributed by atoms with Gasteiger partial charge in [0.05, 0.1) is 13.7 Å². The van der Waals surface area contributed by atoms with Crippen LogP contribution in [0.2, 0.25) is 23.7 Å². The minimum atomic E-state index is -1.45. The zero-order chi connectivity index (χ0) is 29.7. The Bertz CT molecular complexity index is 708. The van der Waals surface area contributed by atoms with Crippen LogP contribution in [0, 0.1) is 47.3 Å². The van der Waals surface area contributed by atoms with Crippen LogP contribution in [0.15, 0.2) is 0 Å². The van der Waals surface area contributed by atoms with Crippen molar-refractivity contribution < 1.29 is 4.74 Å². The third-order valence-electron chi connectivity index (χ3n) is 14.1. The molecule has 0 bridgehead atoms. The molecule has 244 valence electrons. The summed E-state index contributed by atoms with van der Waals surface area (Å²) < 4.78 is 6.08. The molecule has 0 radical (unpaired) electrons. The molecule has 42 heavy (non-hydrogen) atoms. The zero-order valence-corrected chi connectivity index (χ0v) is 30.4. The van der Waals surface area contributed by atoms with Crippen molar-refractivity contribution in [1.82, 2.24) is 0 Å². The molecule has 0 saturated heterocycles. The lowest BCUT2D eigenvalue weighted by Gasteiger charge is -2.51. The first-order valence-corrected chi connectivity index (χ1v) is 22.8. The second kappa shape index (κ2) is 15.2. The Hall–Kier alpha value is 0.177. The molecule has 6 aliphatic carbocycles. The van der Waals surface area contributed by atoms with Crippen molar-refractivity contribution in [2.45, 2.75) is 199 Å². The van der Waals surface area contributed by atoms with Crippen molar-refractivity contribution in [2.75, 3.05) is 6.61 Å². The fourth-order valence-electron chi connectivity index (χ4n) is 13.1. The average Bonchev–Trinajstić information content (AvgIpc) is 3.50. The van der Waals surface area contributed by atoms with Gasteiger partial charge in [0, 0.05) is 6.61 Å². The second-order valence-corrected chi connectivity index (χ2v) is 22.7. The zero-order valence-electron chi connectivity index (χ0n) is 29.4. The van der Waals surface area contributed by atoms with Crippen LogP contribution in [0.1, 0.15) is 169 Å². The number of fused-ring (bicyclic) bond motifs is 6. The van der Waals surface area contributed by atoms with Crippen LogP contribution in [0.4, 0.5) is 0 Å². The summed E-state index contributed by atoms with van der Waals surface area (Å²) in [6, 6.07) is 1.70. The SMILES string of the molecule is CC(C)(C)OCCCCCC[Si](C)(C1C2CCCCC2C2CCCCC21)C1C2CCCCC2C2CCCCC21.CCC. The van der Waals surface area contributed by atoms with Crippen molar-refractivity contribution in [3.63, 3.8) is 0 Å². The van der Waals surface area contributed by atoms with Gasteiger partial charge < -0.3 is 4.74 Å². The molecule has 0 heterocycles. The van der Waals surface area contributed by atoms with Crippen LogP contribution >= 0.6 is 0 Å². The summed E-state index contributed by atoms with van der Waals surface area (Å²) in [6.45, 7) is 14.9. The highest BCUT2D eigenvalue weighted by atomic mass is 28.3. The molecule has 6 fully saturated rings. The van der Waals surface area contributed by atoms with Gasteiger partial charge in [0.15, 0.2) is 0 Å². The molecular weight excluding hydrogens is 525 g/mol. The second-order valence-electron chi connectivity index (χ2n) is 17.8. The molecule has 2 heteroatoms. The number of unbranched alkanes of at least 4 members (excludes halogenated alkanes) is 3. The standard InChI is InChI=1S/C37H66OSi.C3H8/c1-37(2,3)38-25-15-5-6-16-26-39(4,35-31-21-11-7-17-27(31)28-18-8-12-22-32(28)35)36-33-23-13-9-19-29(33)30-20-10-14-24-34(30)36;1-3-2/h27-36H,5-26H2,1-4H3;3H2,1-2H3. The maximum atomic E-state index is 6.08. The third kappa shape index (κ3) is 7.26. The van der Waals surface area contributed by atoms with Crippen LogP contribution in [0.25, 0.3) is 0 Å². The molecular formula is C40H74OSi. The van der Waals surface area contributed by atoms with E-state index < -0.39 is 8.07 Å². The summed E-state index contributed by atoms with van der Waals surface area (Å²) in [5.41, 5.74) is 2.42. The molecule has 0 aliphatic heterocycles. The van der Waals surface area contributed by atoms with Crippen molar-refractivity contribution in [1.29, 1.82) is 0 Å². The maximum Gasteiger partial charge on any atom is 0.0598 e. The Balaban J connectivity index is 0.00000113. The number of hydrogen-bond donors (Lipinski definition) is 0. The van der Waals surface area contributed by atoms with E-state index in [0.29, 0.717) is 0 Å². The quantitative estimate of drug-likeness (QED) is 0.189. The molecule has 0 amide bonds. The topological polar surface area (TPSA) is 9.23 Å². The largest absolute Gasteiger partial charge is 0.376 e. The van der Waals surface area contributed by atoms with Gasteiger partial charge in [-0.1, -0.05) is 129 Å². The summed E-state index contributed by atoms with van der Waals surface area (Å²) in [5.74, 6) is 9.15. The van der Waals surface area contributed by atoms with Crippen molar-refractivity contribution in [3.8, 4) is 0 Å². The number of rotatable bonds is 9. The van der Waals surface area contributed by atoms with Crippen LogP contribution in [0.5, 0.6) is 0 Å². The van der Waals surface area contributed by atoms with Gasteiger partial charge in [-0.2, -0.15) is 0 Å². The van der Waals surface area contributed by atoms with Gasteiger partial charge in [0.1, 0.15) is 0 Å². The Labute approximate surface area is 264 Å². The Morgan fingerprint density at radius 3 is 1.14 bits per heavy atom. The predicted molar refractivity (Wildman–Crippen MR) is 186 cm³/mol. The summed E-state index contributed by atoms with van der Waals surface area (Å²) >= 11 is 0. The van der Waals surface area contributed by atoms with E-state index in [9.17, 15) is 0 Å². The molecule has 0 spiro atoms. The van der Waals surface area contributed by atoms with E-state index >= 15 is 0 Å². The highest BCUT2D eigenvalue weighted by Crippen LogP contribution is 2.71. The van der Waals surface area contributed by atoms with Gasteiger partial charge in [-0.3, -0.25) is 0 Å². The normalized spacial score (nSPS) is 41.0. The highest BCUT2D eigenvalue weighted by molar-refractivity contribution is 6.81. The van der Waals surface area contributed by atoms with Crippen LogP contribution < -0.4 is 0 Å². The molecule has 6 rings (SSSR count). The average molecular weight is 599 g/mol. The first-order chi connectivity index (χ1) is 20.3. The van der Waals surface area contributed by atoms with Crippen LogP contribution in [-0.2, 0) is 4.74 Å². The molecule has 8 unspecified atom stereocenters. The van der Waals surface area contributed by atoms with Crippen molar-refractivity contribution in [3.05, 3.63) is 0 Å². The van der Waals surface area contributed by atoms with E-state index in [2.05, 4.69) is 41.2 Å². The van der Waals surface area contributed by atoms with Crippen molar-refractivity contribution in [2.24, 2.45) is 47.3 Å². The maximum absolute atomic E-state index is 6.08. The van der Waals surface area contributed by atoms with Crippen molar-refractivity contribution >= 4 is 8.07 Å². The first-order valence-electron chi connectivity index (χ1n) is 19.9. The van der Waals surface area contributed by atoms with Gasteiger partial charge in [0.25, 0.3) is 0 Å². The van der Waals surface area contributed by atoms with E-state index in [0.717, 1.165) is 54.0 Å². The fourth-order valence-corrected chi connectivity index (χ4v) is 20.8. The smallest absolute Gasteiger partial charge is 0.0598 e. The van der Waals surface area contributed by atoms with E-state index in [4.69, 9.17) is 4.74 Å². The van der Waals surface area contributed by atoms with Gasteiger partial charge in [-0.05, 0) is 111 Å². The molecule has 1 nitrogen and oxygen atoms in total. The van der Waals surface area contributed by atoms with E-state index in [1.807, 2.05) is 0 Å². The molecule has 6 saturated carbocycles. The Kier molecular flexibility index (Phi) is 12.1. The summed E-state index contributed by atoms with van der Waals surface area (Å²) in [6.07, 6.45) is 32.4. The number of hydrogen-bond acceptors (Lipinski definition) is 1. The van der Waals surface area contributed by atoms with E-state index in [1.54, 1.807) is 115 Å². The molecule has 0 aromatic carbocycles. The van der Waals surface area contributed by atoms with Crippen LogP contribution in [0.3, 0.4) is 0 Å². The summed E-state index contributed by atoms with van der Waals surface area (Å²) in [7, 11) is -1.45. The molecule has 0 aromatic rings. The minimum Gasteiger partial charge on any atom is -0.376 e. The molecule has 8 atom stereocenters. The summed E-state index contributed by atoms with van der Waals surface area (Å²) in [5, 5.41) is 0. The Morgan fingerprint density at radius 1 is 0.500 bits per heavy atom. The first kappa shape index (κ1) is 33.5. The predicted octanol–water partition coefficient (Wildman–Crippen LogP) is 12.8. The highest BCUT2D eigenvalue weighted by Gasteiger charge is 2.64. The molecule has 0 N–H and O–H groups in total. The van der Waals surface area contributed by atoms with Gasteiger partial charge >= 0.3 is 0 Å². The van der Waals surface area contributed by atoms with Gasteiger partial charge in [-0.25, -0.2) is 0 Å². The Morgan fingerprint density at radius 2 is 0.810 bits per heavy atom. The van der Waals surface area contributed by atoms with Crippen LogP contribution in [-0.4, -0.2) is 20.3 Å². The fraction of sp³-hybridized carbons (Fsp3) is 1.00. The summed E-state index contributed by atoms with van der Waals surface area (Å²) in [4.78, 5) is 0. The molecule has 6 aliphatic rings. The minimum absolute atomic E-state index is 0.0244. The molecule has 0 aromatic heterocycles. The lowest BCUT2D eigenvalue weighted by atomic mass is 9.73.